The second kappa shape index (κ2) is 7.70. The second-order valence-corrected chi connectivity index (χ2v) is 7.22. The zero-order valence-corrected chi connectivity index (χ0v) is 16.0. The van der Waals surface area contributed by atoms with Gasteiger partial charge in [-0.1, -0.05) is 122 Å². The van der Waals surface area contributed by atoms with Crippen molar-refractivity contribution < 1.29 is 0 Å². The molecule has 0 aliphatic heterocycles. The van der Waals surface area contributed by atoms with Gasteiger partial charge in [-0.2, -0.15) is 0 Å². The van der Waals surface area contributed by atoms with Gasteiger partial charge in [0.1, 0.15) is 0 Å². The molecule has 1 aliphatic rings. The summed E-state index contributed by atoms with van der Waals surface area (Å²) in [5.74, 6) is 0. The van der Waals surface area contributed by atoms with Crippen molar-refractivity contribution in [1.29, 1.82) is 0 Å². The van der Waals surface area contributed by atoms with E-state index in [2.05, 4.69) is 110 Å². The maximum Gasteiger partial charge on any atom is 0.0419 e. The zero-order valence-electron chi connectivity index (χ0n) is 16.0. The van der Waals surface area contributed by atoms with Gasteiger partial charge < -0.3 is 0 Å². The molecule has 0 fully saturated rings. The van der Waals surface area contributed by atoms with E-state index >= 15 is 0 Å². The van der Waals surface area contributed by atoms with E-state index in [-0.39, 0.29) is 5.41 Å². The average Bonchev–Trinajstić information content (AvgIpc) is 2.80. The van der Waals surface area contributed by atoms with Crippen LogP contribution in [0.5, 0.6) is 0 Å². The molecular weight excluding hydrogens is 336 g/mol. The van der Waals surface area contributed by atoms with Gasteiger partial charge in [0, 0.05) is 5.41 Å². The van der Waals surface area contributed by atoms with Crippen LogP contribution in [0.25, 0.3) is 16.7 Å². The molecule has 0 saturated heterocycles. The first-order valence-electron chi connectivity index (χ1n) is 9.65. The Balaban J connectivity index is 1.76. The molecule has 0 saturated carbocycles. The van der Waals surface area contributed by atoms with E-state index in [1.54, 1.807) is 0 Å². The summed E-state index contributed by atoms with van der Waals surface area (Å²) in [6.45, 7) is 9.05. The van der Waals surface area contributed by atoms with Crippen molar-refractivity contribution >= 4 is 16.7 Å². The largest absolute Gasteiger partial charge is 0.0940 e. The van der Waals surface area contributed by atoms with Crippen molar-refractivity contribution in [2.24, 2.45) is 5.41 Å². The van der Waals surface area contributed by atoms with Crippen LogP contribution in [-0.4, -0.2) is 0 Å². The molecule has 28 heavy (non-hydrogen) atoms. The molecule has 0 atom stereocenters. The van der Waals surface area contributed by atoms with Gasteiger partial charge in [-0.3, -0.25) is 0 Å². The van der Waals surface area contributed by atoms with Crippen LogP contribution in [0.2, 0.25) is 0 Å². The zero-order chi connectivity index (χ0) is 19.4. The lowest BCUT2D eigenvalue weighted by atomic mass is 9.66. The lowest BCUT2D eigenvalue weighted by Crippen LogP contribution is -2.22. The second-order valence-electron chi connectivity index (χ2n) is 7.22. The maximum atomic E-state index is 4.52. The third kappa shape index (κ3) is 3.30. The van der Waals surface area contributed by atoms with E-state index in [4.69, 9.17) is 0 Å². The quantitative estimate of drug-likeness (QED) is 0.443. The van der Waals surface area contributed by atoms with Crippen molar-refractivity contribution in [3.8, 4) is 0 Å². The highest BCUT2D eigenvalue weighted by molar-refractivity contribution is 5.90. The van der Waals surface area contributed by atoms with Crippen LogP contribution >= 0.6 is 0 Å². The highest BCUT2D eigenvalue weighted by Crippen LogP contribution is 2.51. The van der Waals surface area contributed by atoms with Gasteiger partial charge in [0.25, 0.3) is 0 Å². The van der Waals surface area contributed by atoms with Crippen molar-refractivity contribution in [2.45, 2.75) is 6.42 Å². The van der Waals surface area contributed by atoms with Gasteiger partial charge in [-0.25, -0.2) is 0 Å². The normalized spacial score (nSPS) is 14.9. The summed E-state index contributed by atoms with van der Waals surface area (Å²) >= 11 is 0. The van der Waals surface area contributed by atoms with Crippen molar-refractivity contribution in [1.82, 2.24) is 0 Å². The Kier molecular flexibility index (Phi) is 4.95. The van der Waals surface area contributed by atoms with E-state index in [1.807, 2.05) is 12.1 Å². The third-order valence-corrected chi connectivity index (χ3v) is 5.62. The van der Waals surface area contributed by atoms with Crippen molar-refractivity contribution in [2.75, 3.05) is 0 Å². The summed E-state index contributed by atoms with van der Waals surface area (Å²) in [7, 11) is 0. The molecule has 0 aromatic heterocycles. The van der Waals surface area contributed by atoms with E-state index in [0.717, 1.165) is 28.7 Å². The van der Waals surface area contributed by atoms with Crippen LogP contribution in [-0.2, 0) is 0 Å². The maximum absolute atomic E-state index is 4.52. The molecule has 3 aromatic rings. The van der Waals surface area contributed by atoms with Gasteiger partial charge in [-0.15, -0.1) is 0 Å². The van der Waals surface area contributed by atoms with Crippen LogP contribution in [0.3, 0.4) is 0 Å². The van der Waals surface area contributed by atoms with Gasteiger partial charge in [0.15, 0.2) is 0 Å². The highest BCUT2D eigenvalue weighted by Gasteiger charge is 2.35. The Hall–Kier alpha value is -3.38. The Morgan fingerprint density at radius 3 is 1.54 bits per heavy atom. The molecule has 0 heterocycles. The fraction of sp³-hybridized carbons (Fsp3) is 0.0714. The summed E-state index contributed by atoms with van der Waals surface area (Å²) < 4.78 is 0. The van der Waals surface area contributed by atoms with Crippen LogP contribution in [0, 0.1) is 5.41 Å². The minimum Gasteiger partial charge on any atom is -0.0940 e. The molecular formula is C28H24. The summed E-state index contributed by atoms with van der Waals surface area (Å²) in [6.07, 6.45) is 7.67. The average molecular weight is 361 g/mol. The summed E-state index contributed by atoms with van der Waals surface area (Å²) in [4.78, 5) is 0. The van der Waals surface area contributed by atoms with E-state index < -0.39 is 0 Å². The minimum absolute atomic E-state index is 0.332. The first-order valence-corrected chi connectivity index (χ1v) is 9.65. The van der Waals surface area contributed by atoms with Crippen molar-refractivity contribution in [3.05, 3.63) is 139 Å². The van der Waals surface area contributed by atoms with Crippen LogP contribution in [0.1, 0.15) is 23.1 Å². The standard InChI is InChI=1S/C28H24/c1-22(24-12-6-3-7-13-24)28(23(2)25-14-8-4-9-15-25)20-18-27(19-21-28)26-16-10-5-11-17-26/h3-20H,1-2,21H2. The molecule has 0 heteroatoms. The molecule has 136 valence electrons. The summed E-state index contributed by atoms with van der Waals surface area (Å²) in [5.41, 5.74) is 6.63. The van der Waals surface area contributed by atoms with Crippen LogP contribution in [0.15, 0.2) is 122 Å². The predicted octanol–water partition coefficient (Wildman–Crippen LogP) is 7.44. The van der Waals surface area contributed by atoms with Gasteiger partial charge in [-0.05, 0) is 39.8 Å². The lowest BCUT2D eigenvalue weighted by molar-refractivity contribution is 0.683. The van der Waals surface area contributed by atoms with Crippen LogP contribution < -0.4 is 0 Å². The first kappa shape index (κ1) is 18.0. The molecule has 1 aliphatic carbocycles. The minimum atomic E-state index is -0.332. The Labute approximate surface area is 167 Å². The number of hydrogen-bond donors (Lipinski definition) is 0. The molecule has 0 spiro atoms. The third-order valence-electron chi connectivity index (χ3n) is 5.62. The Bertz CT molecular complexity index is 983. The Morgan fingerprint density at radius 1 is 0.643 bits per heavy atom. The van der Waals surface area contributed by atoms with Crippen molar-refractivity contribution in [3.63, 3.8) is 0 Å². The number of hydrogen-bond acceptors (Lipinski definition) is 0. The van der Waals surface area contributed by atoms with Crippen LogP contribution in [0.4, 0.5) is 0 Å². The Morgan fingerprint density at radius 2 is 1.11 bits per heavy atom. The molecule has 0 bridgehead atoms. The monoisotopic (exact) mass is 360 g/mol. The van der Waals surface area contributed by atoms with E-state index in [0.29, 0.717) is 0 Å². The molecule has 4 rings (SSSR count). The van der Waals surface area contributed by atoms with E-state index in [1.165, 1.54) is 11.1 Å². The fourth-order valence-electron chi connectivity index (χ4n) is 3.91. The molecule has 0 amide bonds. The summed E-state index contributed by atoms with van der Waals surface area (Å²) in [6, 6.07) is 31.4. The number of benzene rings is 3. The topological polar surface area (TPSA) is 0 Å². The first-order chi connectivity index (χ1) is 13.7. The highest BCUT2D eigenvalue weighted by atomic mass is 14.4. The molecule has 0 N–H and O–H groups in total. The SMILES string of the molecule is C=C(c1ccccc1)C1(C(=C)c2ccccc2)C=CC(c2ccccc2)=CC1. The molecule has 0 nitrogen and oxygen atoms in total. The van der Waals surface area contributed by atoms with Gasteiger partial charge >= 0.3 is 0 Å². The summed E-state index contributed by atoms with van der Waals surface area (Å²) in [5, 5.41) is 0. The predicted molar refractivity (Wildman–Crippen MR) is 122 cm³/mol. The van der Waals surface area contributed by atoms with E-state index in [9.17, 15) is 0 Å². The fourth-order valence-corrected chi connectivity index (χ4v) is 3.91. The van der Waals surface area contributed by atoms with Gasteiger partial charge in [0.05, 0.1) is 0 Å². The number of allylic oxidation sites excluding steroid dienone is 6. The smallest absolute Gasteiger partial charge is 0.0419 e. The molecule has 0 unspecified atom stereocenters. The lowest BCUT2D eigenvalue weighted by Gasteiger charge is -2.37. The van der Waals surface area contributed by atoms with Gasteiger partial charge in [0.2, 0.25) is 0 Å². The number of rotatable bonds is 5. The molecule has 0 radical (unpaired) electrons. The molecule has 3 aromatic carbocycles.